The number of benzene rings is 2. The SMILES string of the molecule is CNc1ccc2cccc(S(=O)(=O)O)c2c1. The Balaban J connectivity index is 2.85. The first-order chi connectivity index (χ1) is 7.52. The van der Waals surface area contributed by atoms with Crippen molar-refractivity contribution in [2.24, 2.45) is 0 Å². The molecule has 0 amide bonds. The average Bonchev–Trinajstić information content (AvgIpc) is 2.26. The van der Waals surface area contributed by atoms with Gasteiger partial charge in [0.05, 0.1) is 0 Å². The topological polar surface area (TPSA) is 66.4 Å². The molecule has 0 aliphatic heterocycles. The Bertz CT molecular complexity index is 635. The number of fused-ring (bicyclic) bond motifs is 1. The van der Waals surface area contributed by atoms with Crippen molar-refractivity contribution in [1.29, 1.82) is 0 Å². The molecule has 0 aromatic heterocycles. The lowest BCUT2D eigenvalue weighted by Crippen LogP contribution is -1.99. The molecule has 0 atom stereocenters. The summed E-state index contributed by atoms with van der Waals surface area (Å²) in [5, 5.41) is 4.20. The molecule has 2 aromatic carbocycles. The second-order valence-electron chi connectivity index (χ2n) is 3.42. The monoisotopic (exact) mass is 237 g/mol. The molecule has 16 heavy (non-hydrogen) atoms. The highest BCUT2D eigenvalue weighted by Crippen LogP contribution is 2.25. The number of anilines is 1. The molecule has 4 nitrogen and oxygen atoms in total. The third-order valence-corrected chi connectivity index (χ3v) is 3.32. The van der Waals surface area contributed by atoms with Crippen LogP contribution in [-0.4, -0.2) is 20.0 Å². The highest BCUT2D eigenvalue weighted by molar-refractivity contribution is 7.86. The fourth-order valence-electron chi connectivity index (χ4n) is 1.62. The minimum absolute atomic E-state index is 0.0675. The maximum atomic E-state index is 11.2. The molecule has 0 aliphatic rings. The second-order valence-corrected chi connectivity index (χ2v) is 4.81. The lowest BCUT2D eigenvalue weighted by Gasteiger charge is -2.06. The average molecular weight is 237 g/mol. The maximum absolute atomic E-state index is 11.2. The fraction of sp³-hybridized carbons (Fsp3) is 0.0909. The van der Waals surface area contributed by atoms with Crippen LogP contribution in [0.4, 0.5) is 5.69 Å². The Morgan fingerprint density at radius 2 is 1.94 bits per heavy atom. The van der Waals surface area contributed by atoms with Crippen molar-refractivity contribution in [2.75, 3.05) is 12.4 Å². The number of hydrogen-bond acceptors (Lipinski definition) is 3. The van der Waals surface area contributed by atoms with E-state index in [-0.39, 0.29) is 4.90 Å². The maximum Gasteiger partial charge on any atom is 0.295 e. The molecule has 0 saturated carbocycles. The lowest BCUT2D eigenvalue weighted by atomic mass is 10.1. The highest BCUT2D eigenvalue weighted by Gasteiger charge is 2.13. The molecular weight excluding hydrogens is 226 g/mol. The molecule has 84 valence electrons. The van der Waals surface area contributed by atoms with Crippen LogP contribution in [0.3, 0.4) is 0 Å². The van der Waals surface area contributed by atoms with Crippen molar-refractivity contribution in [3.05, 3.63) is 36.4 Å². The van der Waals surface area contributed by atoms with Gasteiger partial charge in [0.15, 0.2) is 0 Å². The van der Waals surface area contributed by atoms with Gasteiger partial charge in [0.25, 0.3) is 10.1 Å². The Morgan fingerprint density at radius 3 is 2.56 bits per heavy atom. The molecular formula is C11H11NO3S. The number of nitrogens with one attached hydrogen (secondary N) is 1. The zero-order valence-corrected chi connectivity index (χ0v) is 9.45. The lowest BCUT2D eigenvalue weighted by molar-refractivity contribution is 0.484. The van der Waals surface area contributed by atoms with Crippen molar-refractivity contribution < 1.29 is 13.0 Å². The van der Waals surface area contributed by atoms with E-state index < -0.39 is 10.1 Å². The minimum atomic E-state index is -4.18. The Hall–Kier alpha value is -1.59. The van der Waals surface area contributed by atoms with E-state index in [2.05, 4.69) is 5.32 Å². The van der Waals surface area contributed by atoms with E-state index >= 15 is 0 Å². The van der Waals surface area contributed by atoms with Crippen molar-refractivity contribution in [3.63, 3.8) is 0 Å². The van der Waals surface area contributed by atoms with Crippen LogP contribution in [0.15, 0.2) is 41.3 Å². The summed E-state index contributed by atoms with van der Waals surface area (Å²) >= 11 is 0. The van der Waals surface area contributed by atoms with E-state index in [1.54, 1.807) is 31.3 Å². The van der Waals surface area contributed by atoms with E-state index in [4.69, 9.17) is 4.55 Å². The van der Waals surface area contributed by atoms with Crippen LogP contribution in [-0.2, 0) is 10.1 Å². The smallest absolute Gasteiger partial charge is 0.295 e. The van der Waals surface area contributed by atoms with Crippen molar-refractivity contribution in [3.8, 4) is 0 Å². The van der Waals surface area contributed by atoms with E-state index in [0.717, 1.165) is 11.1 Å². The Labute approximate surface area is 93.7 Å². The number of hydrogen-bond donors (Lipinski definition) is 2. The van der Waals surface area contributed by atoms with Gasteiger partial charge in [0.2, 0.25) is 0 Å². The van der Waals surface area contributed by atoms with E-state index in [1.807, 2.05) is 6.07 Å². The first-order valence-electron chi connectivity index (χ1n) is 4.70. The first-order valence-corrected chi connectivity index (χ1v) is 6.14. The fourth-order valence-corrected chi connectivity index (χ4v) is 2.33. The van der Waals surface area contributed by atoms with Crippen molar-refractivity contribution >= 4 is 26.6 Å². The van der Waals surface area contributed by atoms with Crippen LogP contribution in [0.1, 0.15) is 0 Å². The first kappa shape index (κ1) is 10.9. The molecule has 0 bridgehead atoms. The molecule has 2 rings (SSSR count). The van der Waals surface area contributed by atoms with Crippen LogP contribution >= 0.6 is 0 Å². The zero-order valence-electron chi connectivity index (χ0n) is 8.64. The Kier molecular flexibility index (Phi) is 2.57. The molecule has 0 unspecified atom stereocenters. The second kappa shape index (κ2) is 3.77. The van der Waals surface area contributed by atoms with Gasteiger partial charge in [-0.2, -0.15) is 8.42 Å². The van der Waals surface area contributed by atoms with Gasteiger partial charge < -0.3 is 5.32 Å². The summed E-state index contributed by atoms with van der Waals surface area (Å²) in [5.74, 6) is 0. The quantitative estimate of drug-likeness (QED) is 0.785. The third kappa shape index (κ3) is 1.87. The third-order valence-electron chi connectivity index (χ3n) is 2.41. The molecule has 2 aromatic rings. The van der Waals surface area contributed by atoms with Gasteiger partial charge in [0.1, 0.15) is 4.90 Å². The molecule has 0 fully saturated rings. The predicted molar refractivity (Wildman–Crippen MR) is 63.3 cm³/mol. The summed E-state index contributed by atoms with van der Waals surface area (Å²) in [4.78, 5) is -0.0675. The largest absolute Gasteiger partial charge is 0.388 e. The molecule has 2 N–H and O–H groups in total. The van der Waals surface area contributed by atoms with E-state index in [1.165, 1.54) is 6.07 Å². The normalized spacial score (nSPS) is 11.6. The summed E-state index contributed by atoms with van der Waals surface area (Å²) in [6.45, 7) is 0. The van der Waals surface area contributed by atoms with Gasteiger partial charge in [0, 0.05) is 18.1 Å². The van der Waals surface area contributed by atoms with E-state index in [9.17, 15) is 8.42 Å². The van der Waals surface area contributed by atoms with Crippen LogP contribution in [0.5, 0.6) is 0 Å². The summed E-state index contributed by atoms with van der Waals surface area (Å²) in [6, 6.07) is 10.1. The van der Waals surface area contributed by atoms with E-state index in [0.29, 0.717) is 5.39 Å². The van der Waals surface area contributed by atoms with Crippen LogP contribution < -0.4 is 5.32 Å². The summed E-state index contributed by atoms with van der Waals surface area (Å²) in [7, 11) is -2.43. The van der Waals surface area contributed by atoms with Gasteiger partial charge in [-0.3, -0.25) is 4.55 Å². The van der Waals surface area contributed by atoms with Crippen LogP contribution in [0.2, 0.25) is 0 Å². The molecule has 0 radical (unpaired) electrons. The molecule has 0 saturated heterocycles. The van der Waals surface area contributed by atoms with Crippen LogP contribution in [0.25, 0.3) is 10.8 Å². The van der Waals surface area contributed by atoms with Crippen molar-refractivity contribution in [1.82, 2.24) is 0 Å². The number of rotatable bonds is 2. The van der Waals surface area contributed by atoms with Crippen LogP contribution in [0, 0.1) is 0 Å². The van der Waals surface area contributed by atoms with Gasteiger partial charge in [-0.1, -0.05) is 18.2 Å². The molecule has 0 spiro atoms. The Morgan fingerprint density at radius 1 is 1.19 bits per heavy atom. The summed E-state index contributed by atoms with van der Waals surface area (Å²) in [5.41, 5.74) is 0.795. The van der Waals surface area contributed by atoms with Gasteiger partial charge >= 0.3 is 0 Å². The molecule has 0 aliphatic carbocycles. The summed E-state index contributed by atoms with van der Waals surface area (Å²) < 4.78 is 31.5. The molecule has 0 heterocycles. The summed E-state index contributed by atoms with van der Waals surface area (Å²) in [6.07, 6.45) is 0. The van der Waals surface area contributed by atoms with Gasteiger partial charge in [-0.05, 0) is 23.6 Å². The van der Waals surface area contributed by atoms with Gasteiger partial charge in [-0.15, -0.1) is 0 Å². The zero-order chi connectivity index (χ0) is 11.8. The standard InChI is InChI=1S/C11H11NO3S/c1-12-9-6-5-8-3-2-4-11(10(8)7-9)16(13,14)15/h2-7,12H,1H3,(H,13,14,15). The van der Waals surface area contributed by atoms with Gasteiger partial charge in [-0.25, -0.2) is 0 Å². The predicted octanol–water partition coefficient (Wildman–Crippen LogP) is 2.13. The molecule has 5 heteroatoms. The minimum Gasteiger partial charge on any atom is -0.388 e. The highest BCUT2D eigenvalue weighted by atomic mass is 32.2. The van der Waals surface area contributed by atoms with Crippen molar-refractivity contribution in [2.45, 2.75) is 4.90 Å².